The lowest BCUT2D eigenvalue weighted by atomic mass is 15.8. The Morgan fingerprint density at radius 2 is 1.62 bits per heavy atom. The fourth-order valence-electron chi connectivity index (χ4n) is 0.0980. The molecular formula is H4O5P2S. The molecule has 0 aliphatic heterocycles. The maximum absolute atomic E-state index is 9.59. The van der Waals surface area contributed by atoms with Gasteiger partial charge in [-0.2, -0.15) is 0 Å². The van der Waals surface area contributed by atoms with Crippen molar-refractivity contribution >= 4 is 24.2 Å². The van der Waals surface area contributed by atoms with Crippen molar-refractivity contribution < 1.29 is 23.8 Å². The molecule has 0 radical (unpaired) electrons. The van der Waals surface area contributed by atoms with Crippen LogP contribution in [0.15, 0.2) is 0 Å². The molecule has 0 bridgehead atoms. The van der Waals surface area contributed by atoms with Gasteiger partial charge in [-0.15, -0.1) is 0 Å². The molecular weight excluding hydrogens is 174 g/mol. The van der Waals surface area contributed by atoms with Gasteiger partial charge in [0.2, 0.25) is 0 Å². The minimum atomic E-state index is -4.10. The molecule has 0 aliphatic rings. The summed E-state index contributed by atoms with van der Waals surface area (Å²) in [5.41, 5.74) is 0. The molecule has 0 heterocycles. The molecule has 0 aliphatic carbocycles. The van der Waals surface area contributed by atoms with Crippen LogP contribution in [-0.4, -0.2) is 14.7 Å². The molecule has 8 heteroatoms. The highest BCUT2D eigenvalue weighted by molar-refractivity contribution is 8.49. The highest BCUT2D eigenvalue weighted by Crippen LogP contribution is 2.35. The Morgan fingerprint density at radius 3 is 1.62 bits per heavy atom. The number of rotatable bonds is 1. The summed E-state index contributed by atoms with van der Waals surface area (Å²) in [6, 6.07) is 0. The first-order valence-electron chi connectivity index (χ1n) is 1.37. The average Bonchev–Trinajstić information content (AvgIpc) is 1.21. The monoisotopic (exact) mass is 178 g/mol. The van der Waals surface area contributed by atoms with Crippen molar-refractivity contribution in [3.8, 4) is 0 Å². The highest BCUT2D eigenvalue weighted by Gasteiger charge is 2.01. The predicted octanol–water partition coefficient (Wildman–Crippen LogP) is -0.456. The van der Waals surface area contributed by atoms with E-state index < -0.39 is 24.2 Å². The summed E-state index contributed by atoms with van der Waals surface area (Å²) in [5, 5.41) is 0. The first kappa shape index (κ1) is 8.56. The number of hydrogen-bond donors (Lipinski definition) is 4. The summed E-state index contributed by atoms with van der Waals surface area (Å²) in [7, 11) is -0.714. The Labute approximate surface area is 48.8 Å². The largest absolute Gasteiger partial charge is 0.375 e. The number of hydrogen-bond acceptors (Lipinski definition) is 2. The van der Waals surface area contributed by atoms with Crippen LogP contribution >= 0.6 is 13.6 Å². The van der Waals surface area contributed by atoms with Crippen molar-refractivity contribution in [1.82, 2.24) is 0 Å². The molecule has 5 nitrogen and oxygen atoms in total. The van der Waals surface area contributed by atoms with Gasteiger partial charge in [0.25, 0.3) is 6.72 Å². The first-order chi connectivity index (χ1) is 3.42. The van der Waals surface area contributed by atoms with Crippen molar-refractivity contribution in [2.24, 2.45) is 0 Å². The molecule has 0 saturated heterocycles. The topological polar surface area (TPSA) is 94.8 Å². The van der Waals surface area contributed by atoms with Gasteiger partial charge in [-0.3, -0.25) is 0 Å². The molecule has 0 aromatic heterocycles. The quantitative estimate of drug-likeness (QED) is 0.322. The van der Waals surface area contributed by atoms with Crippen LogP contribution in [0.3, 0.4) is 0 Å². The van der Waals surface area contributed by atoms with Crippen LogP contribution < -0.4 is 0 Å². The molecule has 0 rings (SSSR count). The maximum atomic E-state index is 9.59. The van der Waals surface area contributed by atoms with E-state index in [1.807, 2.05) is 0 Å². The summed E-state index contributed by atoms with van der Waals surface area (Å²) in [5.74, 6) is 0. The van der Waals surface area contributed by atoms with Crippen LogP contribution in [0.5, 0.6) is 0 Å². The Hall–Kier alpha value is 0.560. The highest BCUT2D eigenvalue weighted by atomic mass is 32.9. The lowest BCUT2D eigenvalue weighted by Gasteiger charge is -1.94. The third kappa shape index (κ3) is 6.56. The SMILES string of the molecule is O=P(=O)[SH]=P(O)(O)O. The maximum Gasteiger partial charge on any atom is 0.375 e. The third-order valence-corrected chi connectivity index (χ3v) is 5.21. The van der Waals surface area contributed by atoms with Gasteiger partial charge >= 0.3 is 6.88 Å². The molecule has 8 heavy (non-hydrogen) atoms. The Bertz CT molecular complexity index is 166. The van der Waals surface area contributed by atoms with Crippen molar-refractivity contribution in [2.45, 2.75) is 0 Å². The summed E-state index contributed by atoms with van der Waals surface area (Å²) in [6.45, 7) is -7.01. The van der Waals surface area contributed by atoms with E-state index in [9.17, 15) is 9.13 Å². The fourth-order valence-corrected chi connectivity index (χ4v) is 2.65. The lowest BCUT2D eigenvalue weighted by Crippen LogP contribution is -1.69. The molecule has 50 valence electrons. The third-order valence-electron chi connectivity index (χ3n) is 0.193. The smallest absolute Gasteiger partial charge is 0.328 e. The van der Waals surface area contributed by atoms with Gasteiger partial charge < -0.3 is 14.7 Å². The predicted molar refractivity (Wildman–Crippen MR) is 30.6 cm³/mol. The molecule has 0 aromatic carbocycles. The Kier molecular flexibility index (Phi) is 3.12. The van der Waals surface area contributed by atoms with E-state index in [1.165, 1.54) is 0 Å². The van der Waals surface area contributed by atoms with Gasteiger partial charge in [0.05, 0.1) is 0 Å². The molecule has 0 fully saturated rings. The number of thiol groups is 1. The van der Waals surface area contributed by atoms with Crippen molar-refractivity contribution in [3.63, 3.8) is 0 Å². The summed E-state index contributed by atoms with van der Waals surface area (Å²) >= 11 is 0. The van der Waals surface area contributed by atoms with Gasteiger partial charge in [0.1, 0.15) is 0 Å². The lowest BCUT2D eigenvalue weighted by molar-refractivity contribution is 0.363. The van der Waals surface area contributed by atoms with Crippen LogP contribution in [0.25, 0.3) is 0 Å². The summed E-state index contributed by atoms with van der Waals surface area (Å²) < 4.78 is 19.2. The normalized spacial score (nSPS) is 11.4. The Balaban J connectivity index is 4.42. The van der Waals surface area contributed by atoms with Gasteiger partial charge in [0, 0.05) is 0 Å². The molecule has 0 aromatic rings. The average molecular weight is 178 g/mol. The van der Waals surface area contributed by atoms with Gasteiger partial charge in [0.15, 0.2) is 0 Å². The first-order valence-corrected chi connectivity index (χ1v) is 6.50. The minimum Gasteiger partial charge on any atom is -0.328 e. The van der Waals surface area contributed by atoms with E-state index >= 15 is 0 Å². The zero-order valence-corrected chi connectivity index (χ0v) is 6.18. The van der Waals surface area contributed by atoms with E-state index in [-0.39, 0.29) is 0 Å². The van der Waals surface area contributed by atoms with Crippen molar-refractivity contribution in [2.75, 3.05) is 0 Å². The van der Waals surface area contributed by atoms with Gasteiger partial charge in [-0.25, -0.2) is 9.13 Å². The van der Waals surface area contributed by atoms with Gasteiger partial charge in [-0.1, -0.05) is 0 Å². The Morgan fingerprint density at radius 1 is 1.25 bits per heavy atom. The van der Waals surface area contributed by atoms with E-state index in [0.29, 0.717) is 0 Å². The molecule has 0 saturated carbocycles. The second-order valence-corrected chi connectivity index (χ2v) is 7.33. The van der Waals surface area contributed by atoms with Crippen molar-refractivity contribution in [1.29, 1.82) is 0 Å². The second-order valence-electron chi connectivity index (χ2n) is 0.864. The standard InChI is InChI=1S/H4O5P2S/c1-6(2)8-7(3,4)5/h3-5,8H. The van der Waals surface area contributed by atoms with E-state index in [1.54, 1.807) is 0 Å². The summed E-state index contributed by atoms with van der Waals surface area (Å²) in [4.78, 5) is 24.0. The van der Waals surface area contributed by atoms with Crippen LogP contribution in [0.2, 0.25) is 0 Å². The van der Waals surface area contributed by atoms with E-state index in [0.717, 1.165) is 0 Å². The second kappa shape index (κ2) is 2.92. The van der Waals surface area contributed by atoms with Gasteiger partial charge in [-0.05, 0) is 10.6 Å². The summed E-state index contributed by atoms with van der Waals surface area (Å²) in [6.07, 6.45) is 0. The fraction of sp³-hybridized carbons (Fsp3) is 0. The molecule has 0 amide bonds. The van der Waals surface area contributed by atoms with Crippen LogP contribution in [-0.2, 0) is 19.7 Å². The molecule has 0 spiro atoms. The molecule has 3 N–H and O–H groups in total. The van der Waals surface area contributed by atoms with Crippen LogP contribution in [0, 0.1) is 0 Å². The molecule has 0 unspecified atom stereocenters. The van der Waals surface area contributed by atoms with E-state index in [4.69, 9.17) is 14.7 Å². The van der Waals surface area contributed by atoms with E-state index in [2.05, 4.69) is 0 Å². The minimum absolute atomic E-state index is 0.714. The molecule has 0 atom stereocenters. The van der Waals surface area contributed by atoms with Crippen molar-refractivity contribution in [3.05, 3.63) is 0 Å². The van der Waals surface area contributed by atoms with Crippen LogP contribution in [0.1, 0.15) is 0 Å². The van der Waals surface area contributed by atoms with Crippen LogP contribution in [0.4, 0.5) is 0 Å². The zero-order valence-electron chi connectivity index (χ0n) is 3.50. The zero-order chi connectivity index (χ0) is 6.78.